The van der Waals surface area contributed by atoms with Gasteiger partial charge in [0.2, 0.25) is 0 Å². The number of amides is 1. The molecular weight excluding hydrogens is 475 g/mol. The molecule has 3 aromatic rings. The number of hydrogen-bond acceptors (Lipinski definition) is 3. The first kappa shape index (κ1) is 19.4. The lowest BCUT2D eigenvalue weighted by Crippen LogP contribution is -2.15. The number of carbonyl (C=O) groups is 1. The Morgan fingerprint density at radius 3 is 2.37 bits per heavy atom. The summed E-state index contributed by atoms with van der Waals surface area (Å²) in [7, 11) is -3.71. The second-order valence-corrected chi connectivity index (χ2v) is 8.84. The van der Waals surface area contributed by atoms with Crippen molar-refractivity contribution in [2.24, 2.45) is 0 Å². The smallest absolute Gasteiger partial charge is 0.261 e. The number of nitrogens with one attached hydrogen (secondary N) is 2. The Bertz CT molecular complexity index is 1080. The van der Waals surface area contributed by atoms with Crippen molar-refractivity contribution in [1.82, 2.24) is 0 Å². The molecule has 1 amide bonds. The maximum atomic E-state index is 12.5. The van der Waals surface area contributed by atoms with Gasteiger partial charge in [0.1, 0.15) is 0 Å². The summed E-state index contributed by atoms with van der Waals surface area (Å²) in [6, 6.07) is 20.2. The van der Waals surface area contributed by atoms with Gasteiger partial charge in [0.05, 0.1) is 4.90 Å². The fourth-order valence-electron chi connectivity index (χ4n) is 2.50. The minimum absolute atomic E-state index is 0.161. The summed E-state index contributed by atoms with van der Waals surface area (Å²) in [6.45, 7) is 1.92. The van der Waals surface area contributed by atoms with Gasteiger partial charge in [-0.25, -0.2) is 8.42 Å². The number of rotatable bonds is 5. The van der Waals surface area contributed by atoms with Crippen LogP contribution in [0.1, 0.15) is 15.9 Å². The molecule has 0 atom stereocenters. The Hall–Kier alpha value is -2.39. The van der Waals surface area contributed by atoms with Crippen molar-refractivity contribution >= 4 is 49.9 Å². The molecule has 0 unspecified atom stereocenters. The predicted octanol–water partition coefficient (Wildman–Crippen LogP) is 4.65. The first-order valence-corrected chi connectivity index (χ1v) is 10.7. The minimum atomic E-state index is -3.71. The molecular formula is C20H17IN2O3S. The molecule has 0 saturated heterocycles. The van der Waals surface area contributed by atoms with Gasteiger partial charge < -0.3 is 5.32 Å². The molecule has 0 aromatic heterocycles. The van der Waals surface area contributed by atoms with Gasteiger partial charge >= 0.3 is 0 Å². The standard InChI is InChI=1S/C20H17IN2O3S/c1-14-12-16(21)10-11-19(14)22-20(24)15-6-5-7-17(13-15)23-27(25,26)18-8-3-2-4-9-18/h2-13,23H,1H3,(H,22,24). The zero-order chi connectivity index (χ0) is 19.4. The van der Waals surface area contributed by atoms with E-state index < -0.39 is 10.0 Å². The van der Waals surface area contributed by atoms with E-state index in [2.05, 4.69) is 32.6 Å². The molecule has 0 radical (unpaired) electrons. The van der Waals surface area contributed by atoms with Crippen LogP contribution in [0.15, 0.2) is 77.7 Å². The summed E-state index contributed by atoms with van der Waals surface area (Å²) in [5.74, 6) is -0.305. The van der Waals surface area contributed by atoms with E-state index in [1.165, 1.54) is 18.2 Å². The second kappa shape index (κ2) is 8.10. The van der Waals surface area contributed by atoms with Gasteiger partial charge in [-0.05, 0) is 83.6 Å². The lowest BCUT2D eigenvalue weighted by atomic mass is 10.1. The van der Waals surface area contributed by atoms with Crippen molar-refractivity contribution in [3.8, 4) is 0 Å². The summed E-state index contributed by atoms with van der Waals surface area (Å²) in [6.07, 6.45) is 0. The van der Waals surface area contributed by atoms with E-state index in [0.29, 0.717) is 11.3 Å². The molecule has 0 fully saturated rings. The maximum Gasteiger partial charge on any atom is 0.261 e. The van der Waals surface area contributed by atoms with Crippen LogP contribution in [0, 0.1) is 10.5 Å². The Morgan fingerprint density at radius 2 is 1.67 bits per heavy atom. The van der Waals surface area contributed by atoms with Crippen LogP contribution in [0.3, 0.4) is 0 Å². The number of sulfonamides is 1. The van der Waals surface area contributed by atoms with Crippen LogP contribution in [-0.2, 0) is 10.0 Å². The molecule has 0 aliphatic carbocycles. The van der Waals surface area contributed by atoms with E-state index in [0.717, 1.165) is 14.8 Å². The van der Waals surface area contributed by atoms with Crippen molar-refractivity contribution in [1.29, 1.82) is 0 Å². The summed E-state index contributed by atoms with van der Waals surface area (Å²) in [5, 5.41) is 2.86. The molecule has 5 nitrogen and oxygen atoms in total. The van der Waals surface area contributed by atoms with Gasteiger partial charge in [0, 0.05) is 20.5 Å². The molecule has 0 aliphatic heterocycles. The van der Waals surface area contributed by atoms with Gasteiger partial charge in [0.25, 0.3) is 15.9 Å². The normalized spacial score (nSPS) is 11.0. The summed E-state index contributed by atoms with van der Waals surface area (Å²) < 4.78 is 28.5. The first-order chi connectivity index (χ1) is 12.8. The van der Waals surface area contributed by atoms with Crippen LogP contribution in [-0.4, -0.2) is 14.3 Å². The van der Waals surface area contributed by atoms with Crippen LogP contribution in [0.2, 0.25) is 0 Å². The predicted molar refractivity (Wildman–Crippen MR) is 116 cm³/mol. The third-order valence-electron chi connectivity index (χ3n) is 3.87. The highest BCUT2D eigenvalue weighted by molar-refractivity contribution is 14.1. The fourth-order valence-corrected chi connectivity index (χ4v) is 4.22. The van der Waals surface area contributed by atoms with E-state index in [1.54, 1.807) is 36.4 Å². The van der Waals surface area contributed by atoms with Crippen LogP contribution in [0.25, 0.3) is 0 Å². The van der Waals surface area contributed by atoms with Crippen molar-refractivity contribution < 1.29 is 13.2 Å². The van der Waals surface area contributed by atoms with Gasteiger partial charge in [-0.15, -0.1) is 0 Å². The first-order valence-electron chi connectivity index (χ1n) is 8.10. The lowest BCUT2D eigenvalue weighted by Gasteiger charge is -2.11. The number of hydrogen-bond donors (Lipinski definition) is 2. The number of carbonyl (C=O) groups excluding carboxylic acids is 1. The van der Waals surface area contributed by atoms with E-state index in [9.17, 15) is 13.2 Å². The molecule has 0 spiro atoms. The Labute approximate surface area is 172 Å². The van der Waals surface area contributed by atoms with Gasteiger partial charge in [-0.1, -0.05) is 24.3 Å². The molecule has 138 valence electrons. The van der Waals surface area contributed by atoms with Crippen LogP contribution < -0.4 is 10.0 Å². The SMILES string of the molecule is Cc1cc(I)ccc1NC(=O)c1cccc(NS(=O)(=O)c2ccccc2)c1. The van der Waals surface area contributed by atoms with E-state index in [1.807, 2.05) is 25.1 Å². The number of benzene rings is 3. The molecule has 0 heterocycles. The largest absolute Gasteiger partial charge is 0.322 e. The van der Waals surface area contributed by atoms with Crippen LogP contribution in [0.5, 0.6) is 0 Å². The van der Waals surface area contributed by atoms with Crippen molar-refractivity contribution in [3.63, 3.8) is 0 Å². The number of anilines is 2. The molecule has 3 rings (SSSR count). The minimum Gasteiger partial charge on any atom is -0.322 e. The molecule has 0 bridgehead atoms. The lowest BCUT2D eigenvalue weighted by molar-refractivity contribution is 0.102. The van der Waals surface area contributed by atoms with Crippen LogP contribution >= 0.6 is 22.6 Å². The van der Waals surface area contributed by atoms with Crippen LogP contribution in [0.4, 0.5) is 11.4 Å². The molecule has 27 heavy (non-hydrogen) atoms. The summed E-state index contributed by atoms with van der Waals surface area (Å²) in [4.78, 5) is 12.7. The zero-order valence-corrected chi connectivity index (χ0v) is 17.4. The molecule has 0 saturated carbocycles. The molecule has 2 N–H and O–H groups in total. The van der Waals surface area contributed by atoms with Crippen molar-refractivity contribution in [2.75, 3.05) is 10.0 Å². The van der Waals surface area contributed by atoms with Gasteiger partial charge in [-0.3, -0.25) is 9.52 Å². The molecule has 0 aliphatic rings. The quantitative estimate of drug-likeness (QED) is 0.510. The van der Waals surface area contributed by atoms with Gasteiger partial charge in [0.15, 0.2) is 0 Å². The highest BCUT2D eigenvalue weighted by Gasteiger charge is 2.15. The topological polar surface area (TPSA) is 75.3 Å². The average molecular weight is 492 g/mol. The Kier molecular flexibility index (Phi) is 5.81. The summed E-state index contributed by atoms with van der Waals surface area (Å²) in [5.41, 5.74) is 2.36. The van der Waals surface area contributed by atoms with Gasteiger partial charge in [-0.2, -0.15) is 0 Å². The summed E-state index contributed by atoms with van der Waals surface area (Å²) >= 11 is 2.21. The van der Waals surface area contributed by atoms with E-state index >= 15 is 0 Å². The van der Waals surface area contributed by atoms with Crippen molar-refractivity contribution in [2.45, 2.75) is 11.8 Å². The number of halogens is 1. The molecule has 3 aromatic carbocycles. The highest BCUT2D eigenvalue weighted by atomic mass is 127. The van der Waals surface area contributed by atoms with E-state index in [-0.39, 0.29) is 10.8 Å². The average Bonchev–Trinajstić information content (AvgIpc) is 2.64. The third-order valence-corrected chi connectivity index (χ3v) is 5.94. The fraction of sp³-hybridized carbons (Fsp3) is 0.0500. The Morgan fingerprint density at radius 1 is 0.926 bits per heavy atom. The molecule has 7 heteroatoms. The van der Waals surface area contributed by atoms with E-state index in [4.69, 9.17) is 0 Å². The second-order valence-electron chi connectivity index (χ2n) is 5.91. The maximum absolute atomic E-state index is 12.5. The monoisotopic (exact) mass is 492 g/mol. The van der Waals surface area contributed by atoms with Crippen molar-refractivity contribution in [3.05, 3.63) is 87.5 Å². The Balaban J connectivity index is 1.80. The third kappa shape index (κ3) is 4.86. The highest BCUT2D eigenvalue weighted by Crippen LogP contribution is 2.20. The number of aryl methyl sites for hydroxylation is 1. The zero-order valence-electron chi connectivity index (χ0n) is 14.4.